The second-order valence-corrected chi connectivity index (χ2v) is 7.24. The van der Waals surface area contributed by atoms with Gasteiger partial charge in [-0.05, 0) is 55.3 Å². The molecular formula is C19H22N4OS. The van der Waals surface area contributed by atoms with Crippen LogP contribution in [0.2, 0.25) is 0 Å². The highest BCUT2D eigenvalue weighted by Gasteiger charge is 2.11. The van der Waals surface area contributed by atoms with Crippen LogP contribution in [0.4, 0.5) is 5.82 Å². The molecule has 3 rings (SSSR count). The van der Waals surface area contributed by atoms with E-state index in [0.29, 0.717) is 23.8 Å². The number of hydrogen-bond acceptors (Lipinski definition) is 6. The van der Waals surface area contributed by atoms with E-state index in [0.717, 1.165) is 16.9 Å². The van der Waals surface area contributed by atoms with E-state index in [1.54, 1.807) is 29.7 Å². The van der Waals surface area contributed by atoms with Gasteiger partial charge in [-0.2, -0.15) is 0 Å². The Labute approximate surface area is 151 Å². The second-order valence-electron chi connectivity index (χ2n) is 5.96. The Hall–Kier alpha value is -2.44. The average Bonchev–Trinajstić information content (AvgIpc) is 3.06. The lowest BCUT2D eigenvalue weighted by Crippen LogP contribution is -2.28. The maximum atomic E-state index is 10.3. The van der Waals surface area contributed by atoms with Gasteiger partial charge in [0.15, 0.2) is 5.82 Å². The van der Waals surface area contributed by atoms with Crippen molar-refractivity contribution < 1.29 is 5.11 Å². The van der Waals surface area contributed by atoms with Crippen molar-refractivity contribution in [3.63, 3.8) is 0 Å². The Morgan fingerprint density at radius 3 is 2.80 bits per heavy atom. The van der Waals surface area contributed by atoms with Crippen LogP contribution in [0.1, 0.15) is 18.2 Å². The molecule has 0 radical (unpaired) electrons. The number of phenols is 1. The number of nitrogens with zero attached hydrogens (tertiary/aromatic N) is 2. The summed E-state index contributed by atoms with van der Waals surface area (Å²) in [6.45, 7) is 4.77. The van der Waals surface area contributed by atoms with Gasteiger partial charge in [0.2, 0.25) is 0 Å². The van der Waals surface area contributed by atoms with E-state index in [1.807, 2.05) is 19.1 Å². The number of benzene rings is 1. The monoisotopic (exact) mass is 354 g/mol. The molecule has 0 bridgehead atoms. The Morgan fingerprint density at radius 2 is 2.08 bits per heavy atom. The fourth-order valence-corrected chi connectivity index (χ4v) is 3.29. The van der Waals surface area contributed by atoms with Crippen molar-refractivity contribution in [3.8, 4) is 27.6 Å². The Morgan fingerprint density at radius 1 is 1.24 bits per heavy atom. The van der Waals surface area contributed by atoms with E-state index in [1.165, 1.54) is 4.88 Å². The minimum absolute atomic E-state index is 0.0808. The predicted octanol–water partition coefficient (Wildman–Crippen LogP) is 4.04. The summed E-state index contributed by atoms with van der Waals surface area (Å²) in [5.74, 6) is 1.35. The fourth-order valence-electron chi connectivity index (χ4n) is 2.43. The van der Waals surface area contributed by atoms with Gasteiger partial charge in [-0.15, -0.1) is 11.3 Å². The molecule has 1 aromatic carbocycles. The highest BCUT2D eigenvalue weighted by Crippen LogP contribution is 2.34. The molecule has 1 atom stereocenters. The number of aromatic nitrogens is 2. The molecule has 0 aliphatic rings. The third-order valence-electron chi connectivity index (χ3n) is 3.99. The fraction of sp³-hybridized carbons (Fsp3) is 0.263. The lowest BCUT2D eigenvalue weighted by Gasteiger charge is -2.12. The van der Waals surface area contributed by atoms with E-state index >= 15 is 0 Å². The first-order valence-corrected chi connectivity index (χ1v) is 9.11. The van der Waals surface area contributed by atoms with Crippen LogP contribution in [0.15, 0.2) is 42.6 Å². The van der Waals surface area contributed by atoms with Crippen molar-refractivity contribution in [1.82, 2.24) is 9.97 Å². The zero-order valence-corrected chi connectivity index (χ0v) is 15.2. The van der Waals surface area contributed by atoms with Crippen molar-refractivity contribution >= 4 is 17.2 Å². The SMILES string of the molecule is CC[C@@H](N)CNc1ccnc(-c2cc(-c3ccc(C)s3)ccc2O)n1. The summed E-state index contributed by atoms with van der Waals surface area (Å²) in [5, 5.41) is 13.5. The van der Waals surface area contributed by atoms with Crippen LogP contribution in [-0.2, 0) is 0 Å². The Bertz CT molecular complexity index is 862. The van der Waals surface area contributed by atoms with E-state index in [9.17, 15) is 5.11 Å². The summed E-state index contributed by atoms with van der Waals surface area (Å²) in [5.41, 5.74) is 7.60. The van der Waals surface area contributed by atoms with Gasteiger partial charge < -0.3 is 16.2 Å². The molecule has 4 N–H and O–H groups in total. The van der Waals surface area contributed by atoms with Gasteiger partial charge in [-0.25, -0.2) is 9.97 Å². The first-order chi connectivity index (χ1) is 12.1. The van der Waals surface area contributed by atoms with Gasteiger partial charge >= 0.3 is 0 Å². The van der Waals surface area contributed by atoms with Gasteiger partial charge in [0.25, 0.3) is 0 Å². The van der Waals surface area contributed by atoms with Crippen molar-refractivity contribution in [2.75, 3.05) is 11.9 Å². The third kappa shape index (κ3) is 4.15. The molecule has 0 unspecified atom stereocenters. The van der Waals surface area contributed by atoms with Crippen LogP contribution in [0, 0.1) is 6.92 Å². The molecule has 0 aliphatic carbocycles. The molecule has 2 aromatic heterocycles. The quantitative estimate of drug-likeness (QED) is 0.622. The zero-order valence-electron chi connectivity index (χ0n) is 14.4. The number of thiophene rings is 1. The van der Waals surface area contributed by atoms with Crippen LogP contribution in [0.3, 0.4) is 0 Å². The first kappa shape index (κ1) is 17.4. The van der Waals surface area contributed by atoms with E-state index < -0.39 is 0 Å². The number of aryl methyl sites for hydroxylation is 1. The molecular weight excluding hydrogens is 332 g/mol. The van der Waals surface area contributed by atoms with Gasteiger partial charge in [0, 0.05) is 28.5 Å². The number of nitrogens with two attached hydrogens (primary N) is 1. The standard InChI is InChI=1S/C19H22N4OS/c1-3-14(20)11-22-18-8-9-21-19(23-18)15-10-13(5-6-16(15)24)17-7-4-12(2)25-17/h4-10,14,24H,3,11,20H2,1-2H3,(H,21,22,23)/t14-/m1/s1. The molecule has 6 heteroatoms. The van der Waals surface area contributed by atoms with Gasteiger partial charge in [-0.3, -0.25) is 0 Å². The number of hydrogen-bond donors (Lipinski definition) is 3. The smallest absolute Gasteiger partial charge is 0.165 e. The maximum absolute atomic E-state index is 10.3. The molecule has 5 nitrogen and oxygen atoms in total. The summed E-state index contributed by atoms with van der Waals surface area (Å²) >= 11 is 1.72. The first-order valence-electron chi connectivity index (χ1n) is 8.29. The summed E-state index contributed by atoms with van der Waals surface area (Å²) < 4.78 is 0. The minimum Gasteiger partial charge on any atom is -0.507 e. The van der Waals surface area contributed by atoms with E-state index in [4.69, 9.17) is 5.73 Å². The third-order valence-corrected chi connectivity index (χ3v) is 5.04. The van der Waals surface area contributed by atoms with Crippen LogP contribution < -0.4 is 11.1 Å². The number of aromatic hydroxyl groups is 1. The highest BCUT2D eigenvalue weighted by molar-refractivity contribution is 7.15. The summed E-state index contributed by atoms with van der Waals surface area (Å²) in [6, 6.07) is 11.6. The van der Waals surface area contributed by atoms with Crippen molar-refractivity contribution in [2.24, 2.45) is 5.73 Å². The van der Waals surface area contributed by atoms with Gasteiger partial charge in [-0.1, -0.05) is 6.92 Å². The summed E-state index contributed by atoms with van der Waals surface area (Å²) in [6.07, 6.45) is 2.58. The van der Waals surface area contributed by atoms with Crippen LogP contribution in [0.5, 0.6) is 5.75 Å². The molecule has 0 spiro atoms. The minimum atomic E-state index is 0.0808. The second kappa shape index (κ2) is 7.63. The molecule has 130 valence electrons. The largest absolute Gasteiger partial charge is 0.507 e. The maximum Gasteiger partial charge on any atom is 0.165 e. The number of rotatable bonds is 6. The molecule has 3 aromatic rings. The molecule has 0 aliphatic heterocycles. The number of phenolic OH excluding ortho intramolecular Hbond substituents is 1. The van der Waals surface area contributed by atoms with Crippen molar-refractivity contribution in [2.45, 2.75) is 26.3 Å². The normalized spacial score (nSPS) is 12.1. The molecule has 0 saturated carbocycles. The molecule has 0 saturated heterocycles. The lowest BCUT2D eigenvalue weighted by molar-refractivity contribution is 0.477. The Balaban J connectivity index is 1.90. The topological polar surface area (TPSA) is 84.1 Å². The van der Waals surface area contributed by atoms with Gasteiger partial charge in [0.1, 0.15) is 11.6 Å². The molecule has 0 fully saturated rings. The van der Waals surface area contributed by atoms with E-state index in [-0.39, 0.29) is 11.8 Å². The Kier molecular flexibility index (Phi) is 5.31. The van der Waals surface area contributed by atoms with E-state index in [2.05, 4.69) is 34.3 Å². The molecule has 2 heterocycles. The highest BCUT2D eigenvalue weighted by atomic mass is 32.1. The number of anilines is 1. The van der Waals surface area contributed by atoms with Crippen LogP contribution >= 0.6 is 11.3 Å². The average molecular weight is 354 g/mol. The summed E-state index contributed by atoms with van der Waals surface area (Å²) in [4.78, 5) is 11.2. The zero-order chi connectivity index (χ0) is 17.8. The molecule has 25 heavy (non-hydrogen) atoms. The van der Waals surface area contributed by atoms with Gasteiger partial charge in [0.05, 0.1) is 5.56 Å². The predicted molar refractivity (Wildman–Crippen MR) is 104 cm³/mol. The molecule has 0 amide bonds. The number of nitrogens with one attached hydrogen (secondary N) is 1. The summed E-state index contributed by atoms with van der Waals surface area (Å²) in [7, 11) is 0. The van der Waals surface area contributed by atoms with Crippen LogP contribution in [-0.4, -0.2) is 27.7 Å². The van der Waals surface area contributed by atoms with Crippen molar-refractivity contribution in [3.05, 3.63) is 47.5 Å². The van der Waals surface area contributed by atoms with Crippen molar-refractivity contribution in [1.29, 1.82) is 0 Å². The van der Waals surface area contributed by atoms with Crippen LogP contribution in [0.25, 0.3) is 21.8 Å². The lowest BCUT2D eigenvalue weighted by atomic mass is 10.1.